The van der Waals surface area contributed by atoms with Crippen LogP contribution in [0.5, 0.6) is 11.5 Å². The van der Waals surface area contributed by atoms with Gasteiger partial charge in [0.05, 0.1) is 20.1 Å². The SMILES string of the molecule is COc1cc(NC(=O)N(C)CC(C)C(=O)O)cc(OC)c1Cl. The normalized spacial score (nSPS) is 11.5. The number of carbonyl (C=O) groups is 2. The number of nitrogens with one attached hydrogen (secondary N) is 1. The highest BCUT2D eigenvalue weighted by Gasteiger charge is 2.18. The summed E-state index contributed by atoms with van der Waals surface area (Å²) in [6.45, 7) is 1.61. The van der Waals surface area contributed by atoms with Gasteiger partial charge >= 0.3 is 12.0 Å². The molecule has 1 unspecified atom stereocenters. The molecule has 8 heteroatoms. The van der Waals surface area contributed by atoms with Gasteiger partial charge < -0.3 is 24.8 Å². The summed E-state index contributed by atoms with van der Waals surface area (Å²) < 4.78 is 10.2. The van der Waals surface area contributed by atoms with Crippen LogP contribution in [0.15, 0.2) is 12.1 Å². The molecule has 1 aromatic carbocycles. The number of hydrogen-bond acceptors (Lipinski definition) is 4. The van der Waals surface area contributed by atoms with Crippen molar-refractivity contribution in [1.82, 2.24) is 4.90 Å². The Kier molecular flexibility index (Phi) is 6.30. The van der Waals surface area contributed by atoms with E-state index in [4.69, 9.17) is 26.2 Å². The van der Waals surface area contributed by atoms with Crippen LogP contribution in [0.25, 0.3) is 0 Å². The molecule has 22 heavy (non-hydrogen) atoms. The van der Waals surface area contributed by atoms with E-state index in [2.05, 4.69) is 5.32 Å². The number of benzene rings is 1. The largest absolute Gasteiger partial charge is 0.495 e. The molecular formula is C14H19ClN2O5. The first kappa shape index (κ1) is 17.9. The van der Waals surface area contributed by atoms with E-state index in [-0.39, 0.29) is 6.54 Å². The number of amides is 2. The molecule has 0 aliphatic carbocycles. The van der Waals surface area contributed by atoms with Crippen molar-refractivity contribution in [3.05, 3.63) is 17.2 Å². The lowest BCUT2D eigenvalue weighted by Gasteiger charge is -2.20. The maximum Gasteiger partial charge on any atom is 0.321 e. The van der Waals surface area contributed by atoms with Crippen LogP contribution in [0.4, 0.5) is 10.5 Å². The molecule has 0 radical (unpaired) electrons. The molecule has 0 bridgehead atoms. The summed E-state index contributed by atoms with van der Waals surface area (Å²) in [5, 5.41) is 11.8. The molecular weight excluding hydrogens is 312 g/mol. The number of hydrogen-bond donors (Lipinski definition) is 2. The standard InChI is InChI=1S/C14H19ClN2O5/c1-8(13(18)19)7-17(2)14(20)16-9-5-10(21-3)12(15)11(6-9)22-4/h5-6,8H,7H2,1-4H3,(H,16,20)(H,18,19). The van der Waals surface area contributed by atoms with Crippen molar-refractivity contribution in [3.8, 4) is 11.5 Å². The molecule has 0 aliphatic rings. The van der Waals surface area contributed by atoms with E-state index in [0.29, 0.717) is 22.2 Å². The average Bonchev–Trinajstić information content (AvgIpc) is 2.48. The summed E-state index contributed by atoms with van der Waals surface area (Å²) in [4.78, 5) is 24.2. The van der Waals surface area contributed by atoms with Crippen molar-refractivity contribution in [3.63, 3.8) is 0 Å². The first-order chi connectivity index (χ1) is 10.3. The molecule has 0 aliphatic heterocycles. The van der Waals surface area contributed by atoms with Gasteiger partial charge in [0.1, 0.15) is 16.5 Å². The minimum atomic E-state index is -0.963. The van der Waals surface area contributed by atoms with Gasteiger partial charge in [0.25, 0.3) is 0 Å². The molecule has 7 nitrogen and oxygen atoms in total. The van der Waals surface area contributed by atoms with Gasteiger partial charge in [-0.1, -0.05) is 18.5 Å². The number of nitrogens with zero attached hydrogens (tertiary/aromatic N) is 1. The van der Waals surface area contributed by atoms with Crippen LogP contribution in [0.1, 0.15) is 6.92 Å². The van der Waals surface area contributed by atoms with E-state index in [1.54, 1.807) is 12.1 Å². The quantitative estimate of drug-likeness (QED) is 0.836. The van der Waals surface area contributed by atoms with Crippen LogP contribution in [0.2, 0.25) is 5.02 Å². The highest BCUT2D eigenvalue weighted by Crippen LogP contribution is 2.37. The first-order valence-electron chi connectivity index (χ1n) is 6.46. The minimum Gasteiger partial charge on any atom is -0.495 e. The molecule has 122 valence electrons. The monoisotopic (exact) mass is 330 g/mol. The Hall–Kier alpha value is -2.15. The van der Waals surface area contributed by atoms with Gasteiger partial charge in [0.2, 0.25) is 0 Å². The maximum absolute atomic E-state index is 12.1. The number of carboxylic acid groups (broad SMARTS) is 1. The lowest BCUT2D eigenvalue weighted by molar-refractivity contribution is -0.141. The smallest absolute Gasteiger partial charge is 0.321 e. The third kappa shape index (κ3) is 4.42. The van der Waals surface area contributed by atoms with Crippen LogP contribution < -0.4 is 14.8 Å². The Morgan fingerprint density at radius 3 is 2.23 bits per heavy atom. The van der Waals surface area contributed by atoms with Gasteiger partial charge in [0, 0.05) is 31.4 Å². The number of methoxy groups -OCH3 is 2. The molecule has 0 heterocycles. The number of carboxylic acids is 1. The minimum absolute atomic E-state index is 0.0863. The summed E-state index contributed by atoms with van der Waals surface area (Å²) in [5.74, 6) is -0.907. The van der Waals surface area contributed by atoms with Crippen molar-refractivity contribution >= 4 is 29.3 Å². The van der Waals surface area contributed by atoms with E-state index in [9.17, 15) is 9.59 Å². The highest BCUT2D eigenvalue weighted by atomic mass is 35.5. The number of aliphatic carboxylic acids is 1. The molecule has 2 amide bonds. The van der Waals surface area contributed by atoms with E-state index in [1.165, 1.54) is 33.1 Å². The third-order valence-corrected chi connectivity index (χ3v) is 3.39. The Balaban J connectivity index is 2.85. The second-order valence-corrected chi connectivity index (χ2v) is 5.12. The van der Waals surface area contributed by atoms with Gasteiger partial charge in [-0.05, 0) is 0 Å². The number of ether oxygens (including phenoxy) is 2. The van der Waals surface area contributed by atoms with Crippen LogP contribution in [0.3, 0.4) is 0 Å². The molecule has 1 rings (SSSR count). The summed E-state index contributed by atoms with van der Waals surface area (Å²) in [6.07, 6.45) is 0. The predicted octanol–water partition coefficient (Wildman–Crippen LogP) is 2.54. The Labute approximate surface area is 133 Å². The average molecular weight is 331 g/mol. The van der Waals surface area contributed by atoms with Gasteiger partial charge in [-0.15, -0.1) is 0 Å². The number of halogens is 1. The number of carbonyl (C=O) groups excluding carboxylic acids is 1. The van der Waals surface area contributed by atoms with Crippen LogP contribution >= 0.6 is 11.6 Å². The molecule has 1 aromatic rings. The molecule has 0 fully saturated rings. The van der Waals surface area contributed by atoms with Crippen LogP contribution in [-0.2, 0) is 4.79 Å². The Bertz CT molecular complexity index is 539. The molecule has 0 spiro atoms. The van der Waals surface area contributed by atoms with Gasteiger partial charge in [0.15, 0.2) is 0 Å². The predicted molar refractivity (Wildman–Crippen MR) is 83.0 cm³/mol. The highest BCUT2D eigenvalue weighted by molar-refractivity contribution is 6.33. The summed E-state index contributed by atoms with van der Waals surface area (Å²) in [7, 11) is 4.42. The summed E-state index contributed by atoms with van der Waals surface area (Å²) >= 11 is 6.05. The maximum atomic E-state index is 12.1. The number of rotatable bonds is 6. The molecule has 0 saturated heterocycles. The van der Waals surface area contributed by atoms with Crippen LogP contribution in [-0.4, -0.2) is 49.8 Å². The molecule has 2 N–H and O–H groups in total. The fraction of sp³-hybridized carbons (Fsp3) is 0.429. The van der Waals surface area contributed by atoms with Crippen molar-refractivity contribution in [2.24, 2.45) is 5.92 Å². The Morgan fingerprint density at radius 2 is 1.82 bits per heavy atom. The second-order valence-electron chi connectivity index (χ2n) is 4.74. The van der Waals surface area contributed by atoms with E-state index in [1.807, 2.05) is 0 Å². The lowest BCUT2D eigenvalue weighted by atomic mass is 10.2. The third-order valence-electron chi connectivity index (χ3n) is 3.01. The van der Waals surface area contributed by atoms with Crippen molar-refractivity contribution < 1.29 is 24.2 Å². The molecule has 0 saturated carbocycles. The zero-order chi connectivity index (χ0) is 16.9. The van der Waals surface area contributed by atoms with Gasteiger partial charge in [-0.25, -0.2) is 4.79 Å². The summed E-state index contributed by atoms with van der Waals surface area (Å²) in [6, 6.07) is 2.66. The van der Waals surface area contributed by atoms with Gasteiger partial charge in [-0.2, -0.15) is 0 Å². The first-order valence-corrected chi connectivity index (χ1v) is 6.84. The van der Waals surface area contributed by atoms with Crippen molar-refractivity contribution in [1.29, 1.82) is 0 Å². The van der Waals surface area contributed by atoms with E-state index < -0.39 is 17.9 Å². The molecule has 1 atom stereocenters. The lowest BCUT2D eigenvalue weighted by Crippen LogP contribution is -2.36. The van der Waals surface area contributed by atoms with Crippen molar-refractivity contribution in [2.75, 3.05) is 33.1 Å². The topological polar surface area (TPSA) is 88.1 Å². The number of urea groups is 1. The summed E-state index contributed by atoms with van der Waals surface area (Å²) in [5.41, 5.74) is 0.429. The fourth-order valence-electron chi connectivity index (χ4n) is 1.73. The Morgan fingerprint density at radius 1 is 1.32 bits per heavy atom. The zero-order valence-corrected chi connectivity index (χ0v) is 13.6. The van der Waals surface area contributed by atoms with Crippen molar-refractivity contribution in [2.45, 2.75) is 6.92 Å². The van der Waals surface area contributed by atoms with E-state index in [0.717, 1.165) is 0 Å². The van der Waals surface area contributed by atoms with E-state index >= 15 is 0 Å². The second kappa shape index (κ2) is 7.74. The van der Waals surface area contributed by atoms with Gasteiger partial charge in [-0.3, -0.25) is 4.79 Å². The van der Waals surface area contributed by atoms with Crippen LogP contribution in [0, 0.1) is 5.92 Å². The zero-order valence-electron chi connectivity index (χ0n) is 12.8. The molecule has 0 aromatic heterocycles. The number of anilines is 1. The fourth-order valence-corrected chi connectivity index (χ4v) is 2.00.